The van der Waals surface area contributed by atoms with Crippen LogP contribution in [0.25, 0.3) is 0 Å². The fourth-order valence-electron chi connectivity index (χ4n) is 1.99. The number of carbonyl (C=O) groups excluding carboxylic acids is 2. The monoisotopic (exact) mass is 277 g/mol. The number of benzene rings is 1. The Hall–Kier alpha value is -2.24. The molecule has 5 nitrogen and oxygen atoms in total. The largest absolute Gasteiger partial charge is 0.333 e. The summed E-state index contributed by atoms with van der Waals surface area (Å²) in [6.07, 6.45) is 0.604. The van der Waals surface area contributed by atoms with Crippen molar-refractivity contribution < 1.29 is 14.0 Å². The molecule has 0 radical (unpaired) electrons. The summed E-state index contributed by atoms with van der Waals surface area (Å²) in [4.78, 5) is 24.9. The van der Waals surface area contributed by atoms with E-state index in [-0.39, 0.29) is 24.1 Å². The zero-order valence-electron chi connectivity index (χ0n) is 11.2. The summed E-state index contributed by atoms with van der Waals surface area (Å²) >= 11 is 0. The lowest BCUT2D eigenvalue weighted by molar-refractivity contribution is -0.125. The Morgan fingerprint density at radius 3 is 2.85 bits per heavy atom. The maximum atomic E-state index is 13.1. The summed E-state index contributed by atoms with van der Waals surface area (Å²) in [5.74, 6) is -0.736. The van der Waals surface area contributed by atoms with Crippen LogP contribution in [0.3, 0.4) is 0 Å². The number of nitrogens with one attached hydrogen (secondary N) is 1. The Balaban J connectivity index is 2.08. The number of hydrogen-bond donors (Lipinski definition) is 1. The number of carbonyl (C=O) groups is 2. The van der Waals surface area contributed by atoms with E-state index in [1.807, 2.05) is 6.92 Å². The van der Waals surface area contributed by atoms with Gasteiger partial charge in [-0.25, -0.2) is 9.82 Å². The van der Waals surface area contributed by atoms with E-state index in [1.165, 1.54) is 12.1 Å². The Morgan fingerprint density at radius 1 is 1.45 bits per heavy atom. The molecule has 2 rings (SSSR count). The van der Waals surface area contributed by atoms with E-state index in [0.717, 1.165) is 5.56 Å². The number of rotatable bonds is 4. The minimum Gasteiger partial charge on any atom is -0.333 e. The van der Waals surface area contributed by atoms with Crippen LogP contribution in [0.4, 0.5) is 4.39 Å². The lowest BCUT2D eigenvalue weighted by Crippen LogP contribution is -2.39. The van der Waals surface area contributed by atoms with Gasteiger partial charge in [0.05, 0.1) is 0 Å². The van der Waals surface area contributed by atoms with Gasteiger partial charge in [-0.3, -0.25) is 9.59 Å². The van der Waals surface area contributed by atoms with E-state index in [4.69, 9.17) is 0 Å². The van der Waals surface area contributed by atoms with Crippen molar-refractivity contribution in [1.82, 2.24) is 10.3 Å². The second-order valence-electron chi connectivity index (χ2n) is 4.54. The van der Waals surface area contributed by atoms with Gasteiger partial charge in [0.2, 0.25) is 5.91 Å². The molecule has 0 unspecified atom stereocenters. The molecule has 0 saturated heterocycles. The summed E-state index contributed by atoms with van der Waals surface area (Å²) in [7, 11) is 0. The lowest BCUT2D eigenvalue weighted by atomic mass is 10.1. The van der Waals surface area contributed by atoms with Gasteiger partial charge in [-0.15, -0.1) is 0 Å². The third-order valence-corrected chi connectivity index (χ3v) is 3.08. The second-order valence-corrected chi connectivity index (χ2v) is 4.54. The molecule has 6 heteroatoms. The minimum atomic E-state index is -0.326. The molecule has 1 aromatic rings. The van der Waals surface area contributed by atoms with Crippen LogP contribution in [0.2, 0.25) is 0 Å². The van der Waals surface area contributed by atoms with Crippen molar-refractivity contribution in [2.24, 2.45) is 5.10 Å². The highest BCUT2D eigenvalue weighted by Crippen LogP contribution is 2.10. The highest BCUT2D eigenvalue weighted by Gasteiger charge is 2.22. The van der Waals surface area contributed by atoms with Crippen molar-refractivity contribution in [2.45, 2.75) is 26.3 Å². The fourth-order valence-corrected chi connectivity index (χ4v) is 1.99. The van der Waals surface area contributed by atoms with Crippen LogP contribution in [-0.4, -0.2) is 29.0 Å². The van der Waals surface area contributed by atoms with E-state index in [1.54, 1.807) is 17.0 Å². The molecule has 2 amide bonds. The predicted octanol–water partition coefficient (Wildman–Crippen LogP) is 1.44. The third kappa shape index (κ3) is 3.40. The third-order valence-electron chi connectivity index (χ3n) is 3.08. The van der Waals surface area contributed by atoms with Gasteiger partial charge in [0.15, 0.2) is 0 Å². The molecule has 20 heavy (non-hydrogen) atoms. The van der Waals surface area contributed by atoms with E-state index < -0.39 is 0 Å². The minimum absolute atomic E-state index is 0.185. The van der Waals surface area contributed by atoms with Gasteiger partial charge in [0.1, 0.15) is 11.5 Å². The Kier molecular flexibility index (Phi) is 4.45. The summed E-state index contributed by atoms with van der Waals surface area (Å²) in [5.41, 5.74) is 3.37. The van der Waals surface area contributed by atoms with Crippen LogP contribution in [0.15, 0.2) is 29.4 Å². The quantitative estimate of drug-likeness (QED) is 0.905. The van der Waals surface area contributed by atoms with Gasteiger partial charge in [-0.1, -0.05) is 12.1 Å². The zero-order valence-corrected chi connectivity index (χ0v) is 11.2. The highest BCUT2D eigenvalue weighted by atomic mass is 19.1. The van der Waals surface area contributed by atoms with Crippen molar-refractivity contribution >= 4 is 17.5 Å². The summed E-state index contributed by atoms with van der Waals surface area (Å²) < 4.78 is 13.1. The predicted molar refractivity (Wildman–Crippen MR) is 72.3 cm³/mol. The van der Waals surface area contributed by atoms with Crippen molar-refractivity contribution in [1.29, 1.82) is 0 Å². The smallest absolute Gasteiger partial charge is 0.270 e. The summed E-state index contributed by atoms with van der Waals surface area (Å²) in [6.45, 7) is 2.65. The Morgan fingerprint density at radius 2 is 2.25 bits per heavy atom. The van der Waals surface area contributed by atoms with Crippen LogP contribution < -0.4 is 5.43 Å². The van der Waals surface area contributed by atoms with Gasteiger partial charge >= 0.3 is 0 Å². The second kappa shape index (κ2) is 6.27. The van der Waals surface area contributed by atoms with Crippen molar-refractivity contribution in [3.05, 3.63) is 35.6 Å². The average Bonchev–Trinajstić information content (AvgIpc) is 2.45. The van der Waals surface area contributed by atoms with Crippen LogP contribution in [0, 0.1) is 5.82 Å². The number of nitrogens with zero attached hydrogens (tertiary/aromatic N) is 2. The maximum absolute atomic E-state index is 13.1. The molecule has 106 valence electrons. The molecule has 1 aromatic carbocycles. The maximum Gasteiger partial charge on any atom is 0.270 e. The Bertz CT molecular complexity index is 557. The molecule has 0 atom stereocenters. The molecular formula is C14H16FN3O2. The fraction of sp³-hybridized carbons (Fsp3) is 0.357. The molecule has 0 aromatic heterocycles. The topological polar surface area (TPSA) is 61.8 Å². The van der Waals surface area contributed by atoms with Crippen molar-refractivity contribution in [3.63, 3.8) is 0 Å². The zero-order chi connectivity index (χ0) is 14.5. The van der Waals surface area contributed by atoms with Gasteiger partial charge in [0.25, 0.3) is 5.91 Å². The van der Waals surface area contributed by atoms with Gasteiger partial charge < -0.3 is 4.90 Å². The molecule has 0 aliphatic carbocycles. The molecule has 0 spiro atoms. The van der Waals surface area contributed by atoms with Crippen LogP contribution in [0.1, 0.15) is 25.3 Å². The van der Waals surface area contributed by atoms with Crippen LogP contribution in [-0.2, 0) is 16.1 Å². The first-order valence-electron chi connectivity index (χ1n) is 6.49. The molecule has 0 fully saturated rings. The lowest BCUT2D eigenvalue weighted by Gasteiger charge is -2.23. The van der Waals surface area contributed by atoms with Crippen LogP contribution >= 0.6 is 0 Å². The number of amides is 2. The van der Waals surface area contributed by atoms with E-state index in [0.29, 0.717) is 25.2 Å². The van der Waals surface area contributed by atoms with E-state index >= 15 is 0 Å². The normalized spacial score (nSPS) is 14.5. The highest BCUT2D eigenvalue weighted by molar-refractivity contribution is 6.39. The molecule has 1 N–H and O–H groups in total. The average molecular weight is 277 g/mol. The standard InChI is InChI=1S/C14H16FN3O2/c1-2-18(9-10-4-3-5-11(15)8-10)14(20)12-6-7-13(19)17-16-12/h3-5,8H,2,6-7,9H2,1H3,(H,17,19). The van der Waals surface area contributed by atoms with E-state index in [9.17, 15) is 14.0 Å². The van der Waals surface area contributed by atoms with Gasteiger partial charge in [0, 0.05) is 25.9 Å². The Labute approximate surface area is 116 Å². The van der Waals surface area contributed by atoms with E-state index in [2.05, 4.69) is 10.5 Å². The first-order chi connectivity index (χ1) is 9.60. The summed E-state index contributed by atoms with van der Waals surface area (Å²) in [6, 6.07) is 6.15. The van der Waals surface area contributed by atoms with Gasteiger partial charge in [-0.05, 0) is 24.6 Å². The van der Waals surface area contributed by atoms with Crippen molar-refractivity contribution in [3.8, 4) is 0 Å². The molecule has 0 bridgehead atoms. The summed E-state index contributed by atoms with van der Waals surface area (Å²) in [5, 5.41) is 3.79. The molecule has 1 heterocycles. The molecule has 0 saturated carbocycles. The number of hydrazone groups is 1. The molecular weight excluding hydrogens is 261 g/mol. The molecule has 1 aliphatic rings. The first kappa shape index (κ1) is 14.2. The van der Waals surface area contributed by atoms with Gasteiger partial charge in [-0.2, -0.15) is 5.10 Å². The molecule has 1 aliphatic heterocycles. The SMILES string of the molecule is CCN(Cc1cccc(F)c1)C(=O)C1=NNC(=O)CC1. The number of halogens is 1. The number of hydrogen-bond acceptors (Lipinski definition) is 3. The first-order valence-corrected chi connectivity index (χ1v) is 6.49. The van der Waals surface area contributed by atoms with Crippen LogP contribution in [0.5, 0.6) is 0 Å². The van der Waals surface area contributed by atoms with Crippen molar-refractivity contribution in [2.75, 3.05) is 6.54 Å².